The molecule has 0 bridgehead atoms. The predicted octanol–water partition coefficient (Wildman–Crippen LogP) is 5.17. The fraction of sp³-hybridized carbons (Fsp3) is 0.333. The van der Waals surface area contributed by atoms with Crippen LogP contribution >= 0.6 is 47.8 Å². The van der Waals surface area contributed by atoms with Gasteiger partial charge in [0.15, 0.2) is 4.83 Å². The Hall–Kier alpha value is 0.180. The first-order valence-corrected chi connectivity index (χ1v) is 6.66. The van der Waals surface area contributed by atoms with E-state index in [1.54, 1.807) is 0 Å². The standard InChI is InChI=1S/C9H5Br3F4O/c10-5-1-3-6(4-2-5)17-8(12,13)7(11)9(14,15)16/h1-4,7H. The maximum atomic E-state index is 13.7. The Labute approximate surface area is 120 Å². The van der Waals surface area contributed by atoms with Crippen molar-refractivity contribution in [2.24, 2.45) is 0 Å². The van der Waals surface area contributed by atoms with E-state index in [2.05, 4.69) is 52.5 Å². The minimum Gasteiger partial charge on any atom is -0.447 e. The van der Waals surface area contributed by atoms with Crippen LogP contribution in [-0.2, 0) is 0 Å². The third-order valence-corrected chi connectivity index (χ3v) is 4.52. The average Bonchev–Trinajstić information content (AvgIpc) is 2.19. The molecular weight excluding hydrogens is 440 g/mol. The van der Waals surface area contributed by atoms with Gasteiger partial charge in [0.2, 0.25) is 0 Å². The quantitative estimate of drug-likeness (QED) is 0.461. The van der Waals surface area contributed by atoms with Crippen molar-refractivity contribution in [3.05, 3.63) is 28.7 Å². The molecule has 0 aliphatic carbocycles. The second-order valence-corrected chi connectivity index (χ2v) is 5.93. The van der Waals surface area contributed by atoms with Crippen LogP contribution in [0.3, 0.4) is 0 Å². The lowest BCUT2D eigenvalue weighted by atomic mass is 10.3. The molecule has 0 aromatic heterocycles. The smallest absolute Gasteiger partial charge is 0.408 e. The van der Waals surface area contributed by atoms with Gasteiger partial charge < -0.3 is 4.74 Å². The molecule has 2 atom stereocenters. The molecule has 0 spiro atoms. The first kappa shape index (κ1) is 15.2. The van der Waals surface area contributed by atoms with Crippen molar-refractivity contribution in [2.75, 3.05) is 0 Å². The second-order valence-electron chi connectivity index (χ2n) is 3.02. The molecule has 17 heavy (non-hydrogen) atoms. The molecule has 0 aliphatic heterocycles. The molecule has 0 amide bonds. The molecule has 8 heteroatoms. The fourth-order valence-electron chi connectivity index (χ4n) is 0.902. The zero-order chi connectivity index (χ0) is 13.3. The van der Waals surface area contributed by atoms with Crippen molar-refractivity contribution in [3.8, 4) is 5.75 Å². The summed E-state index contributed by atoms with van der Waals surface area (Å²) >= 11 is 7.62. The van der Waals surface area contributed by atoms with E-state index >= 15 is 0 Å². The lowest BCUT2D eigenvalue weighted by Crippen LogP contribution is -2.43. The van der Waals surface area contributed by atoms with E-state index in [-0.39, 0.29) is 5.75 Å². The number of alkyl halides is 6. The maximum Gasteiger partial charge on any atom is 0.408 e. The molecular formula is C9H5Br3F4O. The number of benzene rings is 1. The molecule has 0 saturated carbocycles. The normalized spacial score (nSPS) is 17.4. The number of ether oxygens (including phenoxy) is 1. The van der Waals surface area contributed by atoms with Crippen LogP contribution in [0.5, 0.6) is 5.75 Å². The lowest BCUT2D eigenvalue weighted by molar-refractivity contribution is -0.163. The van der Waals surface area contributed by atoms with Crippen LogP contribution < -0.4 is 4.74 Å². The maximum absolute atomic E-state index is 13.7. The molecule has 1 aromatic carbocycles. The van der Waals surface area contributed by atoms with Crippen molar-refractivity contribution in [1.82, 2.24) is 0 Å². The third kappa shape index (κ3) is 4.40. The van der Waals surface area contributed by atoms with Gasteiger partial charge in [-0.15, -0.1) is 0 Å². The SMILES string of the molecule is FC(F)(F)C(Br)C(F)(Br)Oc1ccc(Br)cc1. The average molecular weight is 445 g/mol. The van der Waals surface area contributed by atoms with E-state index in [4.69, 9.17) is 0 Å². The van der Waals surface area contributed by atoms with Gasteiger partial charge in [0, 0.05) is 20.4 Å². The number of rotatable bonds is 3. The van der Waals surface area contributed by atoms with Crippen LogP contribution in [0.2, 0.25) is 0 Å². The Balaban J connectivity index is 2.82. The molecule has 1 nitrogen and oxygen atoms in total. The molecule has 0 fully saturated rings. The zero-order valence-electron chi connectivity index (χ0n) is 7.94. The molecule has 0 aliphatic rings. The summed E-state index contributed by atoms with van der Waals surface area (Å²) in [6, 6.07) is 5.73. The first-order chi connectivity index (χ1) is 7.63. The molecule has 1 aromatic rings. The van der Waals surface area contributed by atoms with Crippen LogP contribution in [0.15, 0.2) is 28.7 Å². The highest BCUT2D eigenvalue weighted by molar-refractivity contribution is 9.12. The van der Waals surface area contributed by atoms with E-state index in [9.17, 15) is 17.6 Å². The highest BCUT2D eigenvalue weighted by Gasteiger charge is 2.54. The topological polar surface area (TPSA) is 9.23 Å². The van der Waals surface area contributed by atoms with Crippen molar-refractivity contribution in [2.45, 2.75) is 15.8 Å². The van der Waals surface area contributed by atoms with Gasteiger partial charge in [0.1, 0.15) is 5.75 Å². The van der Waals surface area contributed by atoms with Crippen molar-refractivity contribution in [1.29, 1.82) is 0 Å². The van der Waals surface area contributed by atoms with E-state index < -0.39 is 15.8 Å². The Morgan fingerprint density at radius 3 is 1.94 bits per heavy atom. The van der Waals surface area contributed by atoms with Crippen LogP contribution in [0.1, 0.15) is 0 Å². The van der Waals surface area contributed by atoms with Gasteiger partial charge in [0.05, 0.1) is 0 Å². The van der Waals surface area contributed by atoms with Gasteiger partial charge in [-0.3, -0.25) is 0 Å². The summed E-state index contributed by atoms with van der Waals surface area (Å²) in [7, 11) is 0. The molecule has 96 valence electrons. The molecule has 0 heterocycles. The Morgan fingerprint density at radius 1 is 1.06 bits per heavy atom. The van der Waals surface area contributed by atoms with Gasteiger partial charge in [0.25, 0.3) is 0 Å². The minimum atomic E-state index is -4.77. The summed E-state index contributed by atoms with van der Waals surface area (Å²) < 4.78 is 52.8. The summed E-state index contributed by atoms with van der Waals surface area (Å²) in [5.74, 6) is -0.0266. The molecule has 2 unspecified atom stereocenters. The Bertz CT molecular complexity index is 377. The van der Waals surface area contributed by atoms with E-state index in [0.717, 1.165) is 0 Å². The number of halogens is 7. The summed E-state index contributed by atoms with van der Waals surface area (Å²) in [4.78, 5) is -2.48. The van der Waals surface area contributed by atoms with E-state index in [1.165, 1.54) is 24.3 Å². The van der Waals surface area contributed by atoms with Crippen molar-refractivity contribution < 1.29 is 22.3 Å². The van der Waals surface area contributed by atoms with Crippen LogP contribution in [0.4, 0.5) is 17.6 Å². The predicted molar refractivity (Wildman–Crippen MR) is 66.3 cm³/mol. The first-order valence-electron chi connectivity index (χ1n) is 4.16. The second kappa shape index (κ2) is 5.44. The molecule has 0 saturated heterocycles. The van der Waals surface area contributed by atoms with E-state index in [1.807, 2.05) is 0 Å². The van der Waals surface area contributed by atoms with Crippen molar-refractivity contribution in [3.63, 3.8) is 0 Å². The zero-order valence-corrected chi connectivity index (χ0v) is 12.7. The molecule has 1 rings (SSSR count). The van der Waals surface area contributed by atoms with Gasteiger partial charge in [-0.25, -0.2) is 0 Å². The summed E-state index contributed by atoms with van der Waals surface area (Å²) in [5, 5.41) is 0. The highest BCUT2D eigenvalue weighted by Crippen LogP contribution is 2.41. The molecule has 0 N–H and O–H groups in total. The van der Waals surface area contributed by atoms with Crippen LogP contribution in [0, 0.1) is 0 Å². The van der Waals surface area contributed by atoms with Gasteiger partial charge in [-0.05, 0) is 24.3 Å². The largest absolute Gasteiger partial charge is 0.447 e. The summed E-state index contributed by atoms with van der Waals surface area (Å²) in [6.45, 7) is 0. The monoisotopic (exact) mass is 442 g/mol. The molecule has 0 radical (unpaired) electrons. The lowest BCUT2D eigenvalue weighted by Gasteiger charge is -2.26. The highest BCUT2D eigenvalue weighted by atomic mass is 79.9. The summed E-state index contributed by atoms with van der Waals surface area (Å²) in [6.07, 6.45) is -4.77. The van der Waals surface area contributed by atoms with Crippen LogP contribution in [-0.4, -0.2) is 15.8 Å². The van der Waals surface area contributed by atoms with Crippen molar-refractivity contribution >= 4 is 47.8 Å². The number of hydrogen-bond acceptors (Lipinski definition) is 1. The Kier molecular flexibility index (Phi) is 4.88. The van der Waals surface area contributed by atoms with Gasteiger partial charge in [-0.2, -0.15) is 17.6 Å². The van der Waals surface area contributed by atoms with Gasteiger partial charge >= 0.3 is 10.9 Å². The third-order valence-electron chi connectivity index (χ3n) is 1.65. The van der Waals surface area contributed by atoms with E-state index in [0.29, 0.717) is 4.47 Å². The Morgan fingerprint density at radius 2 is 1.53 bits per heavy atom. The minimum absolute atomic E-state index is 0.0266. The summed E-state index contributed by atoms with van der Waals surface area (Å²) in [5.41, 5.74) is 0. The fourth-order valence-corrected chi connectivity index (χ4v) is 1.71. The number of hydrogen-bond donors (Lipinski definition) is 0. The van der Waals surface area contributed by atoms with Gasteiger partial charge in [-0.1, -0.05) is 31.9 Å². The van der Waals surface area contributed by atoms with Crippen LogP contribution in [0.25, 0.3) is 0 Å².